The van der Waals surface area contributed by atoms with Crippen molar-refractivity contribution in [3.05, 3.63) is 45.7 Å². The van der Waals surface area contributed by atoms with E-state index in [2.05, 4.69) is 12.2 Å². The summed E-state index contributed by atoms with van der Waals surface area (Å²) in [7, 11) is 1.55. The first kappa shape index (κ1) is 19.7. The summed E-state index contributed by atoms with van der Waals surface area (Å²) in [6.07, 6.45) is 4.90. The van der Waals surface area contributed by atoms with Gasteiger partial charge in [0.15, 0.2) is 16.9 Å². The zero-order valence-electron chi connectivity index (χ0n) is 16.2. The third-order valence-corrected chi connectivity index (χ3v) is 4.91. The van der Waals surface area contributed by atoms with E-state index in [9.17, 15) is 14.4 Å². The SMILES string of the molecule is CCC1Cc2cc(OCCNC(C)=O)c(OC)cc2-c2cc(=O)c([C]=O)cn21. The van der Waals surface area contributed by atoms with Gasteiger partial charge in [-0.3, -0.25) is 14.4 Å². The summed E-state index contributed by atoms with van der Waals surface area (Å²) in [5, 5.41) is 2.69. The number of nitrogens with one attached hydrogen (secondary N) is 1. The third-order valence-electron chi connectivity index (χ3n) is 4.91. The van der Waals surface area contributed by atoms with Crippen LogP contribution in [0.5, 0.6) is 11.5 Å². The number of hydrogen-bond acceptors (Lipinski definition) is 5. The fraction of sp³-hybridized carbons (Fsp3) is 0.381. The molecule has 1 aliphatic rings. The maximum absolute atomic E-state index is 12.2. The number of benzene rings is 1. The molecule has 3 rings (SSSR count). The van der Waals surface area contributed by atoms with E-state index < -0.39 is 0 Å². The number of amides is 1. The van der Waals surface area contributed by atoms with Crippen molar-refractivity contribution in [2.45, 2.75) is 32.7 Å². The largest absolute Gasteiger partial charge is 0.493 e. The van der Waals surface area contributed by atoms with Crippen molar-refractivity contribution in [1.82, 2.24) is 9.88 Å². The summed E-state index contributed by atoms with van der Waals surface area (Å²) in [6, 6.07) is 5.39. The van der Waals surface area contributed by atoms with Gasteiger partial charge in [-0.05, 0) is 30.5 Å². The summed E-state index contributed by atoms with van der Waals surface area (Å²) < 4.78 is 13.2. The van der Waals surface area contributed by atoms with Gasteiger partial charge in [0.05, 0.1) is 24.9 Å². The molecule has 1 unspecified atom stereocenters. The fourth-order valence-electron chi connectivity index (χ4n) is 3.51. The predicted octanol–water partition coefficient (Wildman–Crippen LogP) is 2.00. The number of hydrogen-bond donors (Lipinski definition) is 1. The molecule has 0 saturated carbocycles. The van der Waals surface area contributed by atoms with Crippen molar-refractivity contribution in [2.24, 2.45) is 0 Å². The molecule has 7 nitrogen and oxygen atoms in total. The van der Waals surface area contributed by atoms with Gasteiger partial charge in [0, 0.05) is 30.8 Å². The topological polar surface area (TPSA) is 86.6 Å². The van der Waals surface area contributed by atoms with E-state index in [1.807, 2.05) is 16.7 Å². The minimum Gasteiger partial charge on any atom is -0.493 e. The summed E-state index contributed by atoms with van der Waals surface area (Å²) in [4.78, 5) is 34.3. The van der Waals surface area contributed by atoms with Crippen LogP contribution in [0.3, 0.4) is 0 Å². The number of carbonyl (C=O) groups excluding carboxylic acids is 2. The molecule has 2 aromatic rings. The van der Waals surface area contributed by atoms with Crippen molar-refractivity contribution in [1.29, 1.82) is 0 Å². The van der Waals surface area contributed by atoms with Crippen molar-refractivity contribution in [2.75, 3.05) is 20.3 Å². The highest BCUT2D eigenvalue weighted by molar-refractivity contribution is 5.77. The molecule has 1 aromatic carbocycles. The summed E-state index contributed by atoms with van der Waals surface area (Å²) in [5.41, 5.74) is 2.36. The average Bonchev–Trinajstić information content (AvgIpc) is 2.69. The van der Waals surface area contributed by atoms with Gasteiger partial charge in [0.25, 0.3) is 0 Å². The Bertz CT molecular complexity index is 964. The van der Waals surface area contributed by atoms with Gasteiger partial charge in [-0.1, -0.05) is 6.92 Å². The lowest BCUT2D eigenvalue weighted by atomic mass is 9.90. The number of nitrogens with zero attached hydrogens (tertiary/aromatic N) is 1. The Morgan fingerprint density at radius 3 is 2.75 bits per heavy atom. The van der Waals surface area contributed by atoms with E-state index in [0.717, 1.165) is 29.7 Å². The number of fused-ring (bicyclic) bond motifs is 3. The van der Waals surface area contributed by atoms with Crippen molar-refractivity contribution in [3.8, 4) is 22.8 Å². The quantitative estimate of drug-likeness (QED) is 0.739. The summed E-state index contributed by atoms with van der Waals surface area (Å²) in [5.74, 6) is 1.03. The molecular weight excluding hydrogens is 360 g/mol. The van der Waals surface area contributed by atoms with Crippen LogP contribution >= 0.6 is 0 Å². The molecule has 1 atom stereocenters. The summed E-state index contributed by atoms with van der Waals surface area (Å²) in [6.45, 7) is 4.24. The van der Waals surface area contributed by atoms with Gasteiger partial charge in [-0.25, -0.2) is 0 Å². The van der Waals surface area contributed by atoms with E-state index in [-0.39, 0.29) is 22.9 Å². The van der Waals surface area contributed by atoms with E-state index in [1.54, 1.807) is 19.6 Å². The van der Waals surface area contributed by atoms with E-state index >= 15 is 0 Å². The van der Waals surface area contributed by atoms with Gasteiger partial charge in [0.1, 0.15) is 6.61 Å². The van der Waals surface area contributed by atoms with Crippen molar-refractivity contribution >= 4 is 12.2 Å². The first-order chi connectivity index (χ1) is 13.5. The number of rotatable bonds is 7. The number of methoxy groups -OCH3 is 1. The van der Waals surface area contributed by atoms with Gasteiger partial charge in [-0.15, -0.1) is 0 Å². The van der Waals surface area contributed by atoms with Gasteiger partial charge < -0.3 is 19.4 Å². The van der Waals surface area contributed by atoms with Gasteiger partial charge in [-0.2, -0.15) is 0 Å². The smallest absolute Gasteiger partial charge is 0.239 e. The Balaban J connectivity index is 2.01. The zero-order chi connectivity index (χ0) is 20.3. The second-order valence-electron chi connectivity index (χ2n) is 6.70. The van der Waals surface area contributed by atoms with Crippen LogP contribution in [0.2, 0.25) is 0 Å². The lowest BCUT2D eigenvalue weighted by molar-refractivity contribution is -0.119. The molecule has 28 heavy (non-hydrogen) atoms. The molecule has 147 valence electrons. The summed E-state index contributed by atoms with van der Waals surface area (Å²) >= 11 is 0. The molecule has 0 spiro atoms. The van der Waals surface area contributed by atoms with Crippen molar-refractivity contribution in [3.63, 3.8) is 0 Å². The minimum atomic E-state index is -0.349. The molecule has 1 aromatic heterocycles. The molecule has 0 bridgehead atoms. The number of ether oxygens (including phenoxy) is 2. The minimum absolute atomic E-state index is 0.0375. The molecule has 2 heterocycles. The molecule has 0 saturated heterocycles. The lowest BCUT2D eigenvalue weighted by Gasteiger charge is -2.30. The Morgan fingerprint density at radius 2 is 2.11 bits per heavy atom. The standard InChI is InChI=1S/C21H23N2O5/c1-4-16-7-14-8-21(28-6-5-22-13(2)25)20(27-3)9-17(14)18-10-19(26)15(12-24)11-23(16)18/h8-11,16H,4-7H2,1-3H3,(H,22,25). The van der Waals surface area contributed by atoms with Gasteiger partial charge in [0.2, 0.25) is 12.2 Å². The molecule has 1 amide bonds. The third kappa shape index (κ3) is 3.78. The van der Waals surface area contributed by atoms with Crippen LogP contribution in [0.4, 0.5) is 0 Å². The lowest BCUT2D eigenvalue weighted by Crippen LogP contribution is -2.25. The molecule has 1 aliphatic heterocycles. The first-order valence-electron chi connectivity index (χ1n) is 9.21. The Labute approximate surface area is 163 Å². The van der Waals surface area contributed by atoms with Crippen LogP contribution in [0.15, 0.2) is 29.2 Å². The van der Waals surface area contributed by atoms with Crippen molar-refractivity contribution < 1.29 is 19.1 Å². The molecular formula is C21H23N2O5. The van der Waals surface area contributed by atoms with Crippen LogP contribution in [-0.4, -0.2) is 37.0 Å². The van der Waals surface area contributed by atoms with E-state index in [4.69, 9.17) is 9.47 Å². The van der Waals surface area contributed by atoms with Crippen LogP contribution in [0.1, 0.15) is 37.4 Å². The number of pyridine rings is 1. The number of aromatic nitrogens is 1. The monoisotopic (exact) mass is 383 g/mol. The molecule has 0 aliphatic carbocycles. The van der Waals surface area contributed by atoms with Crippen LogP contribution in [-0.2, 0) is 16.0 Å². The Kier molecular flexibility index (Phi) is 5.82. The Morgan fingerprint density at radius 1 is 1.32 bits per heavy atom. The average molecular weight is 383 g/mol. The van der Waals surface area contributed by atoms with Crippen LogP contribution in [0, 0.1) is 0 Å². The zero-order valence-corrected chi connectivity index (χ0v) is 16.2. The second-order valence-corrected chi connectivity index (χ2v) is 6.70. The van der Waals surface area contributed by atoms with E-state index in [1.165, 1.54) is 13.0 Å². The highest BCUT2D eigenvalue weighted by Gasteiger charge is 2.26. The fourth-order valence-corrected chi connectivity index (χ4v) is 3.51. The highest BCUT2D eigenvalue weighted by atomic mass is 16.5. The second kappa shape index (κ2) is 8.29. The van der Waals surface area contributed by atoms with Crippen LogP contribution in [0.25, 0.3) is 11.3 Å². The molecule has 0 fully saturated rings. The van der Waals surface area contributed by atoms with Gasteiger partial charge >= 0.3 is 0 Å². The molecule has 1 N–H and O–H groups in total. The molecule has 1 radical (unpaired) electrons. The molecule has 7 heteroatoms. The maximum atomic E-state index is 12.2. The van der Waals surface area contributed by atoms with Crippen LogP contribution < -0.4 is 20.2 Å². The maximum Gasteiger partial charge on any atom is 0.239 e. The Hall–Kier alpha value is -3.09. The first-order valence-corrected chi connectivity index (χ1v) is 9.21. The normalized spacial score (nSPS) is 14.6. The highest BCUT2D eigenvalue weighted by Crippen LogP contribution is 2.41. The van der Waals surface area contributed by atoms with E-state index in [0.29, 0.717) is 24.7 Å². The predicted molar refractivity (Wildman–Crippen MR) is 105 cm³/mol. The number of carbonyl (C=O) groups is 1.